The molecule has 0 aliphatic carbocycles. The van der Waals surface area contributed by atoms with Gasteiger partial charge in [-0.3, -0.25) is 14.4 Å². The second kappa shape index (κ2) is 6.18. The number of benzene rings is 1. The fourth-order valence-electron chi connectivity index (χ4n) is 2.11. The number of carbonyl (C=O) groups is 3. The van der Waals surface area contributed by atoms with Crippen molar-refractivity contribution in [1.29, 1.82) is 0 Å². The lowest BCUT2D eigenvalue weighted by molar-refractivity contribution is -0.144. The number of carboxylic acid groups (broad SMARTS) is 1. The van der Waals surface area contributed by atoms with E-state index >= 15 is 0 Å². The molecule has 0 unspecified atom stereocenters. The second-order valence-corrected chi connectivity index (χ2v) is 4.81. The van der Waals surface area contributed by atoms with E-state index in [2.05, 4.69) is 5.32 Å². The number of nitrogens with zero attached hydrogens (tertiary/aromatic N) is 1. The Morgan fingerprint density at radius 2 is 1.85 bits per heavy atom. The van der Waals surface area contributed by atoms with Crippen LogP contribution in [-0.2, 0) is 9.59 Å². The van der Waals surface area contributed by atoms with Crippen LogP contribution in [0.1, 0.15) is 16.8 Å². The van der Waals surface area contributed by atoms with Gasteiger partial charge in [0.25, 0.3) is 5.91 Å². The van der Waals surface area contributed by atoms with Crippen LogP contribution in [0.25, 0.3) is 0 Å². The number of rotatable bonds is 5. The molecule has 0 radical (unpaired) electrons. The number of hydrogen-bond acceptors (Lipinski definition) is 3. The lowest BCUT2D eigenvalue weighted by atomic mass is 9.96. The number of likely N-dealkylation sites (tertiary alicyclic amines) is 1. The molecule has 0 spiro atoms. The summed E-state index contributed by atoms with van der Waals surface area (Å²) in [7, 11) is 0. The molecular weight excluding hydrogens is 260 g/mol. The first-order chi connectivity index (χ1) is 9.56. The van der Waals surface area contributed by atoms with E-state index in [9.17, 15) is 14.4 Å². The molecule has 0 aromatic heterocycles. The van der Waals surface area contributed by atoms with Gasteiger partial charge in [-0.15, -0.1) is 0 Å². The third kappa shape index (κ3) is 3.57. The highest BCUT2D eigenvalue weighted by Gasteiger charge is 2.31. The maximum atomic E-state index is 11.8. The van der Waals surface area contributed by atoms with Crippen molar-refractivity contribution in [3.05, 3.63) is 35.9 Å². The molecule has 1 saturated heterocycles. The van der Waals surface area contributed by atoms with Crippen molar-refractivity contribution in [1.82, 2.24) is 10.2 Å². The van der Waals surface area contributed by atoms with Crippen LogP contribution in [0.3, 0.4) is 0 Å². The summed E-state index contributed by atoms with van der Waals surface area (Å²) in [6, 6.07) is 8.66. The van der Waals surface area contributed by atoms with Gasteiger partial charge in [-0.25, -0.2) is 0 Å². The molecule has 2 rings (SSSR count). The fourth-order valence-corrected chi connectivity index (χ4v) is 2.11. The van der Waals surface area contributed by atoms with E-state index < -0.39 is 5.97 Å². The highest BCUT2D eigenvalue weighted by Crippen LogP contribution is 2.18. The zero-order chi connectivity index (χ0) is 14.5. The van der Waals surface area contributed by atoms with Crippen molar-refractivity contribution < 1.29 is 19.5 Å². The van der Waals surface area contributed by atoms with Crippen LogP contribution in [0.5, 0.6) is 0 Å². The highest BCUT2D eigenvalue weighted by atomic mass is 16.4. The summed E-state index contributed by atoms with van der Waals surface area (Å²) in [4.78, 5) is 35.5. The summed E-state index contributed by atoms with van der Waals surface area (Å²) < 4.78 is 0. The van der Waals surface area contributed by atoms with Crippen LogP contribution < -0.4 is 5.32 Å². The smallest absolute Gasteiger partial charge is 0.303 e. The van der Waals surface area contributed by atoms with Gasteiger partial charge in [-0.2, -0.15) is 0 Å². The van der Waals surface area contributed by atoms with E-state index in [-0.39, 0.29) is 30.7 Å². The summed E-state index contributed by atoms with van der Waals surface area (Å²) in [5, 5.41) is 11.2. The number of nitrogens with one attached hydrogen (secondary N) is 1. The first kappa shape index (κ1) is 14.0. The van der Waals surface area contributed by atoms with Gasteiger partial charge in [0, 0.05) is 24.6 Å². The zero-order valence-electron chi connectivity index (χ0n) is 10.9. The predicted molar refractivity (Wildman–Crippen MR) is 71.1 cm³/mol. The normalized spacial score (nSPS) is 14.5. The van der Waals surface area contributed by atoms with Gasteiger partial charge >= 0.3 is 5.97 Å². The van der Waals surface area contributed by atoms with Crippen molar-refractivity contribution in [3.8, 4) is 0 Å². The Balaban J connectivity index is 1.72. The van der Waals surface area contributed by atoms with Gasteiger partial charge in [-0.05, 0) is 12.1 Å². The van der Waals surface area contributed by atoms with Gasteiger partial charge in [0.05, 0.1) is 13.0 Å². The molecule has 1 aromatic rings. The maximum absolute atomic E-state index is 11.8. The molecule has 2 N–H and O–H groups in total. The van der Waals surface area contributed by atoms with Crippen LogP contribution in [0.2, 0.25) is 0 Å². The molecule has 1 fully saturated rings. The topological polar surface area (TPSA) is 86.7 Å². The van der Waals surface area contributed by atoms with E-state index in [1.165, 1.54) is 0 Å². The van der Waals surface area contributed by atoms with Gasteiger partial charge in [-0.1, -0.05) is 18.2 Å². The van der Waals surface area contributed by atoms with E-state index in [4.69, 9.17) is 5.11 Å². The molecule has 20 heavy (non-hydrogen) atoms. The van der Waals surface area contributed by atoms with Crippen molar-refractivity contribution >= 4 is 17.8 Å². The van der Waals surface area contributed by atoms with Gasteiger partial charge in [0.2, 0.25) is 5.91 Å². The van der Waals surface area contributed by atoms with Gasteiger partial charge < -0.3 is 15.3 Å². The minimum absolute atomic E-state index is 0.0290. The first-order valence-corrected chi connectivity index (χ1v) is 6.39. The molecule has 2 amide bonds. The minimum Gasteiger partial charge on any atom is -0.481 e. The molecular formula is C14H16N2O4. The average molecular weight is 276 g/mol. The maximum Gasteiger partial charge on any atom is 0.303 e. The van der Waals surface area contributed by atoms with Crippen LogP contribution in [-0.4, -0.2) is 47.4 Å². The molecule has 1 aliphatic rings. The summed E-state index contributed by atoms with van der Waals surface area (Å²) >= 11 is 0. The molecule has 0 saturated carbocycles. The third-order valence-corrected chi connectivity index (χ3v) is 3.21. The molecule has 6 nitrogen and oxygen atoms in total. The predicted octanol–water partition coefficient (Wildman–Crippen LogP) is 0.349. The third-order valence-electron chi connectivity index (χ3n) is 3.21. The Morgan fingerprint density at radius 3 is 2.45 bits per heavy atom. The summed E-state index contributed by atoms with van der Waals surface area (Å²) in [5.74, 6) is -1.29. The van der Waals surface area contributed by atoms with E-state index in [0.717, 1.165) is 0 Å². The van der Waals surface area contributed by atoms with Crippen molar-refractivity contribution in [3.63, 3.8) is 0 Å². The first-order valence-electron chi connectivity index (χ1n) is 6.39. The lowest BCUT2D eigenvalue weighted by Gasteiger charge is -2.38. The molecule has 106 valence electrons. The largest absolute Gasteiger partial charge is 0.481 e. The Bertz CT molecular complexity index is 509. The molecule has 1 aromatic carbocycles. The van der Waals surface area contributed by atoms with Crippen LogP contribution in [0.15, 0.2) is 30.3 Å². The number of amides is 2. The van der Waals surface area contributed by atoms with E-state index in [1.54, 1.807) is 29.2 Å². The lowest BCUT2D eigenvalue weighted by Crippen LogP contribution is -2.53. The monoisotopic (exact) mass is 276 g/mol. The number of carbonyl (C=O) groups excluding carboxylic acids is 2. The summed E-state index contributed by atoms with van der Waals surface area (Å²) in [5.41, 5.74) is 0.507. The SMILES string of the molecule is O=C(O)CC1CN(C(=O)CNC(=O)c2ccccc2)C1. The number of aliphatic carboxylic acids is 1. The van der Waals surface area contributed by atoms with E-state index in [1.807, 2.05) is 6.07 Å². The van der Waals surface area contributed by atoms with Crippen LogP contribution in [0.4, 0.5) is 0 Å². The fraction of sp³-hybridized carbons (Fsp3) is 0.357. The Morgan fingerprint density at radius 1 is 1.20 bits per heavy atom. The highest BCUT2D eigenvalue weighted by molar-refractivity contribution is 5.96. The molecule has 0 bridgehead atoms. The second-order valence-electron chi connectivity index (χ2n) is 4.81. The van der Waals surface area contributed by atoms with Crippen LogP contribution in [0, 0.1) is 5.92 Å². The summed E-state index contributed by atoms with van der Waals surface area (Å²) in [6.45, 7) is 0.839. The number of hydrogen-bond donors (Lipinski definition) is 2. The standard InChI is InChI=1S/C14H16N2O4/c17-12(16-8-10(9-16)6-13(18)19)7-15-14(20)11-4-2-1-3-5-11/h1-5,10H,6-9H2,(H,15,20)(H,18,19). The Hall–Kier alpha value is -2.37. The van der Waals surface area contributed by atoms with Crippen molar-refractivity contribution in [2.75, 3.05) is 19.6 Å². The minimum atomic E-state index is -0.848. The molecule has 0 atom stereocenters. The summed E-state index contributed by atoms with van der Waals surface area (Å²) in [6.07, 6.45) is 0.0835. The molecule has 1 aliphatic heterocycles. The molecule has 1 heterocycles. The average Bonchev–Trinajstić information content (AvgIpc) is 2.40. The Labute approximate surface area is 116 Å². The number of carboxylic acids is 1. The van der Waals surface area contributed by atoms with Crippen molar-refractivity contribution in [2.45, 2.75) is 6.42 Å². The Kier molecular flexibility index (Phi) is 4.34. The van der Waals surface area contributed by atoms with Gasteiger partial charge in [0.1, 0.15) is 0 Å². The van der Waals surface area contributed by atoms with Gasteiger partial charge in [0.15, 0.2) is 0 Å². The molecule has 6 heteroatoms. The quantitative estimate of drug-likeness (QED) is 0.812. The van der Waals surface area contributed by atoms with Crippen molar-refractivity contribution in [2.24, 2.45) is 5.92 Å². The van der Waals surface area contributed by atoms with E-state index in [0.29, 0.717) is 18.7 Å². The van der Waals surface area contributed by atoms with Crippen LogP contribution >= 0.6 is 0 Å². The zero-order valence-corrected chi connectivity index (χ0v) is 10.9.